The topological polar surface area (TPSA) is 49.8 Å². The lowest BCUT2D eigenvalue weighted by Crippen LogP contribution is -2.36. The SMILES string of the molecule is CC(c1ccsc1)N(O)C(=O)OC(C)(C)C. The molecule has 0 saturated heterocycles. The summed E-state index contributed by atoms with van der Waals surface area (Å²) in [5, 5.41) is 14.1. The van der Waals surface area contributed by atoms with Gasteiger partial charge in [-0.3, -0.25) is 5.21 Å². The first-order chi connectivity index (χ1) is 7.31. The Balaban J connectivity index is 2.64. The highest BCUT2D eigenvalue weighted by molar-refractivity contribution is 7.07. The summed E-state index contributed by atoms with van der Waals surface area (Å²) in [7, 11) is 0. The minimum Gasteiger partial charge on any atom is -0.442 e. The lowest BCUT2D eigenvalue weighted by Gasteiger charge is -2.26. The van der Waals surface area contributed by atoms with E-state index in [0.717, 1.165) is 5.56 Å². The molecule has 0 fully saturated rings. The minimum atomic E-state index is -0.730. The van der Waals surface area contributed by atoms with Gasteiger partial charge < -0.3 is 4.74 Å². The van der Waals surface area contributed by atoms with Crippen LogP contribution in [0.5, 0.6) is 0 Å². The van der Waals surface area contributed by atoms with Crippen molar-refractivity contribution >= 4 is 17.4 Å². The molecule has 1 rings (SSSR count). The zero-order valence-corrected chi connectivity index (χ0v) is 10.7. The number of hydroxylamine groups is 2. The number of hydrogen-bond acceptors (Lipinski definition) is 4. The number of carbonyl (C=O) groups excluding carboxylic acids is 1. The molecule has 0 radical (unpaired) electrons. The normalized spacial score (nSPS) is 13.3. The zero-order chi connectivity index (χ0) is 12.3. The van der Waals surface area contributed by atoms with Crippen LogP contribution in [0.4, 0.5) is 4.79 Å². The highest BCUT2D eigenvalue weighted by atomic mass is 32.1. The second-order valence-electron chi connectivity index (χ2n) is 4.56. The van der Waals surface area contributed by atoms with Crippen LogP contribution >= 0.6 is 11.3 Å². The fourth-order valence-electron chi connectivity index (χ4n) is 1.12. The van der Waals surface area contributed by atoms with E-state index < -0.39 is 17.7 Å². The molecule has 0 aliphatic carbocycles. The van der Waals surface area contributed by atoms with Gasteiger partial charge in [0.1, 0.15) is 5.60 Å². The summed E-state index contributed by atoms with van der Waals surface area (Å²) in [4.78, 5) is 11.6. The lowest BCUT2D eigenvalue weighted by molar-refractivity contribution is -0.117. The van der Waals surface area contributed by atoms with Crippen LogP contribution < -0.4 is 0 Å². The van der Waals surface area contributed by atoms with Gasteiger partial charge in [-0.1, -0.05) is 0 Å². The van der Waals surface area contributed by atoms with Gasteiger partial charge in [0.25, 0.3) is 0 Å². The first-order valence-electron chi connectivity index (χ1n) is 5.04. The second-order valence-corrected chi connectivity index (χ2v) is 5.34. The van der Waals surface area contributed by atoms with Gasteiger partial charge in [0.2, 0.25) is 0 Å². The van der Waals surface area contributed by atoms with Gasteiger partial charge in [-0.15, -0.1) is 0 Å². The molecule has 0 aromatic carbocycles. The largest absolute Gasteiger partial charge is 0.442 e. The monoisotopic (exact) mass is 243 g/mol. The number of rotatable bonds is 2. The molecule has 0 spiro atoms. The lowest BCUT2D eigenvalue weighted by atomic mass is 10.2. The number of nitrogens with zero attached hydrogens (tertiary/aromatic N) is 1. The van der Waals surface area contributed by atoms with Crippen molar-refractivity contribution in [2.75, 3.05) is 0 Å². The third-order valence-electron chi connectivity index (χ3n) is 1.97. The van der Waals surface area contributed by atoms with Crippen LogP contribution in [0.2, 0.25) is 0 Å². The molecule has 90 valence electrons. The Hall–Kier alpha value is -1.07. The Morgan fingerprint density at radius 1 is 1.56 bits per heavy atom. The van der Waals surface area contributed by atoms with Crippen molar-refractivity contribution in [3.05, 3.63) is 22.4 Å². The molecule has 1 amide bonds. The predicted octanol–water partition coefficient (Wildman–Crippen LogP) is 3.44. The molecular formula is C11H17NO3S. The average molecular weight is 243 g/mol. The average Bonchev–Trinajstić information content (AvgIpc) is 2.65. The van der Waals surface area contributed by atoms with E-state index in [-0.39, 0.29) is 0 Å². The fourth-order valence-corrected chi connectivity index (χ4v) is 1.87. The number of amides is 1. The quantitative estimate of drug-likeness (QED) is 0.639. The molecule has 1 aromatic heterocycles. The van der Waals surface area contributed by atoms with Crippen LogP contribution in [0.25, 0.3) is 0 Å². The van der Waals surface area contributed by atoms with Gasteiger partial charge in [0.05, 0.1) is 6.04 Å². The van der Waals surface area contributed by atoms with E-state index in [1.54, 1.807) is 27.7 Å². The maximum atomic E-state index is 11.6. The summed E-state index contributed by atoms with van der Waals surface area (Å²) >= 11 is 1.52. The summed E-state index contributed by atoms with van der Waals surface area (Å²) in [6.07, 6.45) is -0.730. The van der Waals surface area contributed by atoms with Gasteiger partial charge in [-0.25, -0.2) is 4.79 Å². The summed E-state index contributed by atoms with van der Waals surface area (Å²) in [5.74, 6) is 0. The number of ether oxygens (including phenoxy) is 1. The van der Waals surface area contributed by atoms with Gasteiger partial charge in [0, 0.05) is 0 Å². The van der Waals surface area contributed by atoms with E-state index in [2.05, 4.69) is 0 Å². The van der Waals surface area contributed by atoms with Crippen molar-refractivity contribution in [1.29, 1.82) is 0 Å². The van der Waals surface area contributed by atoms with E-state index in [4.69, 9.17) is 4.74 Å². The maximum absolute atomic E-state index is 11.6. The number of carbonyl (C=O) groups is 1. The van der Waals surface area contributed by atoms with Crippen LogP contribution in [-0.4, -0.2) is 22.0 Å². The molecule has 4 nitrogen and oxygen atoms in total. The summed E-state index contributed by atoms with van der Waals surface area (Å²) in [6.45, 7) is 7.02. The smallest absolute Gasteiger partial charge is 0.434 e. The molecule has 1 atom stereocenters. The third kappa shape index (κ3) is 3.50. The molecule has 0 saturated carbocycles. The first kappa shape index (κ1) is 13.0. The van der Waals surface area contributed by atoms with Gasteiger partial charge in [0.15, 0.2) is 0 Å². The molecule has 1 heterocycles. The number of thiophene rings is 1. The van der Waals surface area contributed by atoms with E-state index in [0.29, 0.717) is 5.06 Å². The minimum absolute atomic E-state index is 0.402. The highest BCUT2D eigenvalue weighted by Crippen LogP contribution is 2.22. The van der Waals surface area contributed by atoms with Crippen LogP contribution in [0.15, 0.2) is 16.8 Å². The Morgan fingerprint density at radius 3 is 2.62 bits per heavy atom. The Bertz CT molecular complexity index is 343. The first-order valence-corrected chi connectivity index (χ1v) is 5.99. The molecule has 5 heteroatoms. The van der Waals surface area contributed by atoms with E-state index in [9.17, 15) is 10.0 Å². The zero-order valence-electron chi connectivity index (χ0n) is 9.93. The molecule has 1 unspecified atom stereocenters. The van der Waals surface area contributed by atoms with Crippen molar-refractivity contribution in [2.45, 2.75) is 39.3 Å². The molecule has 0 bridgehead atoms. The highest BCUT2D eigenvalue weighted by Gasteiger charge is 2.25. The van der Waals surface area contributed by atoms with E-state index >= 15 is 0 Å². The van der Waals surface area contributed by atoms with Crippen LogP contribution in [0.1, 0.15) is 39.3 Å². The molecule has 0 aliphatic heterocycles. The van der Waals surface area contributed by atoms with Gasteiger partial charge in [-0.2, -0.15) is 16.4 Å². The standard InChI is InChI=1S/C11H17NO3S/c1-8(9-5-6-16-7-9)12(14)10(13)15-11(2,3)4/h5-8,14H,1-4H3. The van der Waals surface area contributed by atoms with Crippen molar-refractivity contribution in [2.24, 2.45) is 0 Å². The van der Waals surface area contributed by atoms with Crippen LogP contribution in [-0.2, 0) is 4.74 Å². The third-order valence-corrected chi connectivity index (χ3v) is 2.67. The van der Waals surface area contributed by atoms with Crippen molar-refractivity contribution in [3.8, 4) is 0 Å². The number of hydrogen-bond donors (Lipinski definition) is 1. The van der Waals surface area contributed by atoms with Crippen LogP contribution in [0, 0.1) is 0 Å². The van der Waals surface area contributed by atoms with Gasteiger partial charge >= 0.3 is 6.09 Å². The molecule has 0 aliphatic rings. The van der Waals surface area contributed by atoms with E-state index in [1.165, 1.54) is 11.3 Å². The Kier molecular flexibility index (Phi) is 3.93. The summed E-state index contributed by atoms with van der Waals surface area (Å²) in [5.41, 5.74) is 0.283. The molecule has 1 N–H and O–H groups in total. The van der Waals surface area contributed by atoms with Crippen molar-refractivity contribution < 1.29 is 14.7 Å². The Morgan fingerprint density at radius 2 is 2.19 bits per heavy atom. The second kappa shape index (κ2) is 4.84. The summed E-state index contributed by atoms with van der Waals surface area (Å²) < 4.78 is 5.06. The molecule has 1 aromatic rings. The molecule has 16 heavy (non-hydrogen) atoms. The molecular weight excluding hydrogens is 226 g/mol. The van der Waals surface area contributed by atoms with E-state index in [1.807, 2.05) is 16.8 Å². The van der Waals surface area contributed by atoms with Crippen molar-refractivity contribution in [3.63, 3.8) is 0 Å². The Labute approximate surface area is 99.4 Å². The fraction of sp³-hybridized carbons (Fsp3) is 0.545. The van der Waals surface area contributed by atoms with Crippen molar-refractivity contribution in [1.82, 2.24) is 5.06 Å². The van der Waals surface area contributed by atoms with Crippen LogP contribution in [0.3, 0.4) is 0 Å². The van der Waals surface area contributed by atoms with Gasteiger partial charge in [-0.05, 0) is 50.1 Å². The summed E-state index contributed by atoms with van der Waals surface area (Å²) in [6, 6.07) is 1.46. The predicted molar refractivity (Wildman–Crippen MR) is 62.6 cm³/mol. The maximum Gasteiger partial charge on any atom is 0.434 e.